The number of amides is 1. The quantitative estimate of drug-likeness (QED) is 0.795. The summed E-state index contributed by atoms with van der Waals surface area (Å²) in [5, 5.41) is 11.9. The Balaban J connectivity index is 1.84. The van der Waals surface area contributed by atoms with Crippen LogP contribution in [0, 0.1) is 11.3 Å². The molecule has 6 nitrogen and oxygen atoms in total. The fourth-order valence-corrected chi connectivity index (χ4v) is 2.71. The van der Waals surface area contributed by atoms with Crippen LogP contribution in [0.25, 0.3) is 0 Å². The molecular formula is C17H18F2N2O4. The van der Waals surface area contributed by atoms with Gasteiger partial charge in [0.25, 0.3) is 5.91 Å². The van der Waals surface area contributed by atoms with Crippen molar-refractivity contribution in [3.05, 3.63) is 29.8 Å². The second-order valence-corrected chi connectivity index (χ2v) is 5.78. The van der Waals surface area contributed by atoms with E-state index in [1.807, 2.05) is 0 Å². The summed E-state index contributed by atoms with van der Waals surface area (Å²) >= 11 is 0. The zero-order valence-corrected chi connectivity index (χ0v) is 13.5. The molecule has 2 rings (SSSR count). The van der Waals surface area contributed by atoms with E-state index in [4.69, 9.17) is 4.74 Å². The SMILES string of the molecule is N#CC1(NC(=O)COC(=O)c2ccc(OC(F)F)cc2)CCCCC1. The van der Waals surface area contributed by atoms with Gasteiger partial charge in [0.15, 0.2) is 6.61 Å². The third-order valence-electron chi connectivity index (χ3n) is 3.95. The first-order valence-electron chi connectivity index (χ1n) is 7.88. The summed E-state index contributed by atoms with van der Waals surface area (Å²) in [7, 11) is 0. The van der Waals surface area contributed by atoms with E-state index in [2.05, 4.69) is 16.1 Å². The van der Waals surface area contributed by atoms with Gasteiger partial charge in [0.2, 0.25) is 0 Å². The molecule has 0 atom stereocenters. The number of carbonyl (C=O) groups is 2. The average Bonchev–Trinajstić information content (AvgIpc) is 2.60. The number of rotatable bonds is 6. The molecule has 0 saturated heterocycles. The van der Waals surface area contributed by atoms with Crippen molar-refractivity contribution >= 4 is 11.9 Å². The molecule has 1 N–H and O–H groups in total. The fourth-order valence-electron chi connectivity index (χ4n) is 2.71. The predicted octanol–water partition coefficient (Wildman–Crippen LogP) is 2.79. The first-order chi connectivity index (χ1) is 11.9. The smallest absolute Gasteiger partial charge is 0.387 e. The van der Waals surface area contributed by atoms with Crippen molar-refractivity contribution in [1.29, 1.82) is 5.26 Å². The highest BCUT2D eigenvalue weighted by Crippen LogP contribution is 2.27. The van der Waals surface area contributed by atoms with Gasteiger partial charge in [-0.15, -0.1) is 0 Å². The number of nitriles is 1. The molecule has 1 amide bonds. The van der Waals surface area contributed by atoms with Crippen LogP contribution in [0.4, 0.5) is 8.78 Å². The van der Waals surface area contributed by atoms with Gasteiger partial charge in [-0.1, -0.05) is 19.3 Å². The largest absolute Gasteiger partial charge is 0.452 e. The van der Waals surface area contributed by atoms with Gasteiger partial charge in [-0.2, -0.15) is 14.0 Å². The molecule has 134 valence electrons. The molecule has 0 aliphatic heterocycles. The van der Waals surface area contributed by atoms with Crippen LogP contribution in [-0.4, -0.2) is 30.6 Å². The summed E-state index contributed by atoms with van der Waals surface area (Å²) in [6.45, 7) is -3.47. The van der Waals surface area contributed by atoms with Crippen LogP contribution in [0.3, 0.4) is 0 Å². The van der Waals surface area contributed by atoms with Gasteiger partial charge < -0.3 is 14.8 Å². The summed E-state index contributed by atoms with van der Waals surface area (Å²) < 4.78 is 33.2. The number of alkyl halides is 2. The number of ether oxygens (including phenoxy) is 2. The Labute approximate surface area is 143 Å². The van der Waals surface area contributed by atoms with Crippen LogP contribution in [-0.2, 0) is 9.53 Å². The number of benzene rings is 1. The van der Waals surface area contributed by atoms with Crippen molar-refractivity contribution in [3.63, 3.8) is 0 Å². The van der Waals surface area contributed by atoms with Gasteiger partial charge in [0.1, 0.15) is 11.3 Å². The van der Waals surface area contributed by atoms with E-state index < -0.39 is 30.6 Å². The van der Waals surface area contributed by atoms with Crippen molar-refractivity contribution in [3.8, 4) is 11.8 Å². The number of nitrogens with zero attached hydrogens (tertiary/aromatic N) is 1. The monoisotopic (exact) mass is 352 g/mol. The Morgan fingerprint density at radius 2 is 1.84 bits per heavy atom. The van der Waals surface area contributed by atoms with E-state index in [0.717, 1.165) is 19.3 Å². The van der Waals surface area contributed by atoms with E-state index in [-0.39, 0.29) is 11.3 Å². The first-order valence-corrected chi connectivity index (χ1v) is 7.88. The number of nitrogens with one attached hydrogen (secondary N) is 1. The zero-order valence-electron chi connectivity index (χ0n) is 13.5. The minimum absolute atomic E-state index is 0.0856. The second-order valence-electron chi connectivity index (χ2n) is 5.78. The predicted molar refractivity (Wildman–Crippen MR) is 82.9 cm³/mol. The highest BCUT2D eigenvalue weighted by atomic mass is 19.3. The lowest BCUT2D eigenvalue weighted by molar-refractivity contribution is -0.125. The van der Waals surface area contributed by atoms with Crippen molar-refractivity contribution in [2.24, 2.45) is 0 Å². The Morgan fingerprint density at radius 3 is 2.40 bits per heavy atom. The summed E-state index contributed by atoms with van der Waals surface area (Å²) in [5.41, 5.74) is -0.794. The number of hydrogen-bond donors (Lipinski definition) is 1. The van der Waals surface area contributed by atoms with Gasteiger partial charge in [0.05, 0.1) is 11.6 Å². The topological polar surface area (TPSA) is 88.4 Å². The van der Waals surface area contributed by atoms with Gasteiger partial charge in [-0.05, 0) is 37.1 Å². The van der Waals surface area contributed by atoms with Crippen LogP contribution < -0.4 is 10.1 Å². The minimum Gasteiger partial charge on any atom is -0.452 e. The van der Waals surface area contributed by atoms with Crippen LogP contribution in [0.15, 0.2) is 24.3 Å². The van der Waals surface area contributed by atoms with Gasteiger partial charge >= 0.3 is 12.6 Å². The average molecular weight is 352 g/mol. The van der Waals surface area contributed by atoms with Crippen LogP contribution >= 0.6 is 0 Å². The highest BCUT2D eigenvalue weighted by molar-refractivity contribution is 5.91. The lowest BCUT2D eigenvalue weighted by Crippen LogP contribution is -2.50. The maximum Gasteiger partial charge on any atom is 0.387 e. The summed E-state index contributed by atoms with van der Waals surface area (Å²) in [5.74, 6) is -1.40. The lowest BCUT2D eigenvalue weighted by Gasteiger charge is -2.31. The Morgan fingerprint density at radius 1 is 1.20 bits per heavy atom. The maximum absolute atomic E-state index is 12.1. The molecule has 0 heterocycles. The van der Waals surface area contributed by atoms with E-state index in [1.54, 1.807) is 0 Å². The molecule has 8 heteroatoms. The number of carbonyl (C=O) groups excluding carboxylic acids is 2. The third kappa shape index (κ3) is 5.41. The standard InChI is InChI=1S/C17H18F2N2O4/c18-16(19)25-13-6-4-12(5-7-13)15(23)24-10-14(22)21-17(11-20)8-2-1-3-9-17/h4-7,16H,1-3,8-10H2,(H,21,22). The molecule has 1 fully saturated rings. The van der Waals surface area contributed by atoms with Crippen molar-refractivity contribution in [1.82, 2.24) is 5.32 Å². The highest BCUT2D eigenvalue weighted by Gasteiger charge is 2.33. The molecule has 1 saturated carbocycles. The van der Waals surface area contributed by atoms with Gasteiger partial charge in [-0.3, -0.25) is 4.79 Å². The normalized spacial score (nSPS) is 15.9. The molecule has 25 heavy (non-hydrogen) atoms. The molecular weight excluding hydrogens is 334 g/mol. The molecule has 1 aliphatic carbocycles. The van der Waals surface area contributed by atoms with E-state index >= 15 is 0 Å². The Kier molecular flexibility index (Phi) is 6.28. The fraction of sp³-hybridized carbons (Fsp3) is 0.471. The lowest BCUT2D eigenvalue weighted by atomic mass is 9.83. The molecule has 0 spiro atoms. The third-order valence-corrected chi connectivity index (χ3v) is 3.95. The van der Waals surface area contributed by atoms with E-state index in [9.17, 15) is 23.6 Å². The van der Waals surface area contributed by atoms with Gasteiger partial charge in [-0.25, -0.2) is 4.79 Å². The molecule has 0 bridgehead atoms. The molecule has 1 aromatic rings. The van der Waals surface area contributed by atoms with E-state index in [0.29, 0.717) is 12.8 Å². The first kappa shape index (κ1) is 18.6. The summed E-state index contributed by atoms with van der Waals surface area (Å²) in [4.78, 5) is 23.8. The van der Waals surface area contributed by atoms with Crippen LogP contribution in [0.5, 0.6) is 5.75 Å². The molecule has 0 aromatic heterocycles. The zero-order chi connectivity index (χ0) is 18.3. The number of hydrogen-bond acceptors (Lipinski definition) is 5. The van der Waals surface area contributed by atoms with Crippen molar-refractivity contribution < 1.29 is 27.8 Å². The minimum atomic E-state index is -2.95. The maximum atomic E-state index is 12.1. The van der Waals surface area contributed by atoms with Crippen LogP contribution in [0.2, 0.25) is 0 Å². The summed E-state index contributed by atoms with van der Waals surface area (Å²) in [6, 6.07) is 7.07. The number of halogens is 2. The molecule has 1 aromatic carbocycles. The Hall–Kier alpha value is -2.69. The van der Waals surface area contributed by atoms with Gasteiger partial charge in [0, 0.05) is 0 Å². The van der Waals surface area contributed by atoms with Crippen molar-refractivity contribution in [2.75, 3.05) is 6.61 Å². The molecule has 0 unspecified atom stereocenters. The molecule has 1 aliphatic rings. The number of esters is 1. The second kappa shape index (κ2) is 8.42. The Bertz CT molecular complexity index is 650. The van der Waals surface area contributed by atoms with Crippen LogP contribution in [0.1, 0.15) is 42.5 Å². The van der Waals surface area contributed by atoms with Crippen molar-refractivity contribution in [2.45, 2.75) is 44.3 Å². The summed E-state index contributed by atoms with van der Waals surface area (Å²) in [6.07, 6.45) is 3.91. The molecule has 0 radical (unpaired) electrons. The van der Waals surface area contributed by atoms with E-state index in [1.165, 1.54) is 24.3 Å².